The number of carboxylic acid groups (broad SMARTS) is 1. The van der Waals surface area contributed by atoms with Crippen molar-refractivity contribution in [3.63, 3.8) is 0 Å². The van der Waals surface area contributed by atoms with Crippen LogP contribution in [0.15, 0.2) is 36.7 Å². The van der Waals surface area contributed by atoms with Gasteiger partial charge in [-0.15, -0.1) is 0 Å². The van der Waals surface area contributed by atoms with Gasteiger partial charge in [0.25, 0.3) is 0 Å². The zero-order valence-corrected chi connectivity index (χ0v) is 11.5. The number of rotatable bonds is 6. The molecule has 2 rings (SSSR count). The highest BCUT2D eigenvalue weighted by molar-refractivity contribution is 5.76. The van der Waals surface area contributed by atoms with Crippen LogP contribution in [0, 0.1) is 5.82 Å². The molecule has 0 aliphatic carbocycles. The van der Waals surface area contributed by atoms with Crippen molar-refractivity contribution in [2.75, 3.05) is 6.61 Å². The number of carbonyl (C=O) groups is 1. The van der Waals surface area contributed by atoms with Crippen LogP contribution in [0.3, 0.4) is 0 Å². The molecular formula is C15H15FN2O3. The van der Waals surface area contributed by atoms with Gasteiger partial charge in [-0.1, -0.05) is 18.2 Å². The number of carboxylic acids is 1. The molecule has 1 aromatic heterocycles. The molecule has 1 aromatic carbocycles. The standard InChI is InChI=1S/C15H15FN2O3/c1-2-21-14-8-13(17-9-18-14)11(15(19)20)7-10-5-3-4-6-12(10)16/h3-6,8-9,11H,2,7H2,1H3,(H,19,20). The van der Waals surface area contributed by atoms with Gasteiger partial charge in [-0.3, -0.25) is 4.79 Å². The number of nitrogens with zero attached hydrogens (tertiary/aromatic N) is 2. The van der Waals surface area contributed by atoms with Crippen LogP contribution in [0.5, 0.6) is 5.88 Å². The molecule has 0 aliphatic heterocycles. The van der Waals surface area contributed by atoms with Crippen LogP contribution >= 0.6 is 0 Å². The molecule has 0 fully saturated rings. The first-order valence-corrected chi connectivity index (χ1v) is 6.52. The molecule has 110 valence electrons. The van der Waals surface area contributed by atoms with Gasteiger partial charge >= 0.3 is 5.97 Å². The van der Waals surface area contributed by atoms with Crippen LogP contribution in [0.4, 0.5) is 4.39 Å². The average molecular weight is 290 g/mol. The third-order valence-corrected chi connectivity index (χ3v) is 2.99. The fourth-order valence-corrected chi connectivity index (χ4v) is 1.97. The quantitative estimate of drug-likeness (QED) is 0.884. The normalized spacial score (nSPS) is 11.9. The summed E-state index contributed by atoms with van der Waals surface area (Å²) in [7, 11) is 0. The van der Waals surface area contributed by atoms with Crippen LogP contribution in [-0.4, -0.2) is 27.7 Å². The number of aliphatic carboxylic acids is 1. The lowest BCUT2D eigenvalue weighted by Crippen LogP contribution is -2.17. The Balaban J connectivity index is 2.29. The molecule has 5 nitrogen and oxygen atoms in total. The number of ether oxygens (including phenoxy) is 1. The summed E-state index contributed by atoms with van der Waals surface area (Å²) in [5.41, 5.74) is 0.630. The molecule has 0 aliphatic rings. The van der Waals surface area contributed by atoms with Crippen LogP contribution in [0.2, 0.25) is 0 Å². The maximum absolute atomic E-state index is 13.7. The Bertz CT molecular complexity index is 634. The maximum Gasteiger partial charge on any atom is 0.312 e. The van der Waals surface area contributed by atoms with Gasteiger partial charge in [0.05, 0.1) is 12.3 Å². The lowest BCUT2D eigenvalue weighted by atomic mass is 9.95. The second kappa shape index (κ2) is 6.78. The van der Waals surface area contributed by atoms with E-state index in [2.05, 4.69) is 9.97 Å². The molecule has 1 N–H and O–H groups in total. The van der Waals surface area contributed by atoms with Gasteiger partial charge in [-0.25, -0.2) is 14.4 Å². The van der Waals surface area contributed by atoms with Crippen molar-refractivity contribution in [2.24, 2.45) is 0 Å². The van der Waals surface area contributed by atoms with E-state index in [0.717, 1.165) is 0 Å². The lowest BCUT2D eigenvalue weighted by molar-refractivity contribution is -0.138. The van der Waals surface area contributed by atoms with E-state index < -0.39 is 17.7 Å². The maximum atomic E-state index is 13.7. The summed E-state index contributed by atoms with van der Waals surface area (Å²) in [6.45, 7) is 2.22. The van der Waals surface area contributed by atoms with Crippen molar-refractivity contribution in [1.29, 1.82) is 0 Å². The summed E-state index contributed by atoms with van der Waals surface area (Å²) in [4.78, 5) is 19.3. The van der Waals surface area contributed by atoms with Gasteiger partial charge in [0.2, 0.25) is 5.88 Å². The summed E-state index contributed by atoms with van der Waals surface area (Å²) in [5, 5.41) is 9.38. The molecule has 1 heterocycles. The number of hydrogen-bond acceptors (Lipinski definition) is 4. The Hall–Kier alpha value is -2.50. The first-order chi connectivity index (χ1) is 10.1. The summed E-state index contributed by atoms with van der Waals surface area (Å²) in [5.74, 6) is -2.14. The highest BCUT2D eigenvalue weighted by Gasteiger charge is 2.23. The molecule has 0 saturated carbocycles. The van der Waals surface area contributed by atoms with Gasteiger partial charge in [-0.05, 0) is 25.0 Å². The van der Waals surface area contributed by atoms with E-state index in [4.69, 9.17) is 4.74 Å². The van der Waals surface area contributed by atoms with Crippen molar-refractivity contribution in [3.8, 4) is 5.88 Å². The molecule has 2 aromatic rings. The van der Waals surface area contributed by atoms with Crippen LogP contribution < -0.4 is 4.74 Å². The van der Waals surface area contributed by atoms with Gasteiger partial charge in [0.1, 0.15) is 18.1 Å². The second-order valence-corrected chi connectivity index (χ2v) is 4.40. The predicted molar refractivity (Wildman–Crippen MR) is 73.7 cm³/mol. The molecule has 0 saturated heterocycles. The van der Waals surface area contributed by atoms with E-state index in [1.165, 1.54) is 18.5 Å². The largest absolute Gasteiger partial charge is 0.481 e. The molecule has 21 heavy (non-hydrogen) atoms. The summed E-state index contributed by atoms with van der Waals surface area (Å²) in [6, 6.07) is 7.58. The minimum atomic E-state index is -1.07. The Morgan fingerprint density at radius 3 is 2.81 bits per heavy atom. The minimum absolute atomic E-state index is 0.0184. The number of benzene rings is 1. The monoisotopic (exact) mass is 290 g/mol. The summed E-state index contributed by atoms with van der Waals surface area (Å²) >= 11 is 0. The number of aromatic nitrogens is 2. The number of halogens is 1. The van der Waals surface area contributed by atoms with Crippen molar-refractivity contribution in [1.82, 2.24) is 9.97 Å². The van der Waals surface area contributed by atoms with Crippen LogP contribution in [-0.2, 0) is 11.2 Å². The highest BCUT2D eigenvalue weighted by atomic mass is 19.1. The smallest absolute Gasteiger partial charge is 0.312 e. The molecule has 0 amide bonds. The third kappa shape index (κ3) is 3.75. The van der Waals surface area contributed by atoms with E-state index in [0.29, 0.717) is 23.7 Å². The van der Waals surface area contributed by atoms with E-state index in [1.54, 1.807) is 25.1 Å². The van der Waals surface area contributed by atoms with Crippen molar-refractivity contribution in [2.45, 2.75) is 19.3 Å². The predicted octanol–water partition coefficient (Wildman–Crippen LogP) is 2.43. The van der Waals surface area contributed by atoms with E-state index in [-0.39, 0.29) is 6.42 Å². The van der Waals surface area contributed by atoms with Gasteiger partial charge in [0, 0.05) is 6.07 Å². The molecular weight excluding hydrogens is 275 g/mol. The Labute approximate surface area is 121 Å². The SMILES string of the molecule is CCOc1cc(C(Cc2ccccc2F)C(=O)O)ncn1. The first-order valence-electron chi connectivity index (χ1n) is 6.52. The highest BCUT2D eigenvalue weighted by Crippen LogP contribution is 2.23. The second-order valence-electron chi connectivity index (χ2n) is 4.40. The summed E-state index contributed by atoms with van der Waals surface area (Å²) < 4.78 is 18.9. The minimum Gasteiger partial charge on any atom is -0.481 e. The van der Waals surface area contributed by atoms with E-state index >= 15 is 0 Å². The summed E-state index contributed by atoms with van der Waals surface area (Å²) in [6.07, 6.45) is 1.27. The lowest BCUT2D eigenvalue weighted by Gasteiger charge is -2.13. The Morgan fingerprint density at radius 1 is 1.38 bits per heavy atom. The van der Waals surface area contributed by atoms with E-state index in [9.17, 15) is 14.3 Å². The van der Waals surface area contributed by atoms with Crippen LogP contribution in [0.25, 0.3) is 0 Å². The van der Waals surface area contributed by atoms with Gasteiger partial charge in [-0.2, -0.15) is 0 Å². The third-order valence-electron chi connectivity index (χ3n) is 2.99. The zero-order valence-electron chi connectivity index (χ0n) is 11.5. The Morgan fingerprint density at radius 2 is 2.14 bits per heavy atom. The molecule has 1 unspecified atom stereocenters. The van der Waals surface area contributed by atoms with Gasteiger partial charge < -0.3 is 9.84 Å². The molecule has 0 spiro atoms. The van der Waals surface area contributed by atoms with Crippen molar-refractivity contribution < 1.29 is 19.0 Å². The van der Waals surface area contributed by atoms with Gasteiger partial charge in [0.15, 0.2) is 0 Å². The first kappa shape index (κ1) is 14.9. The molecule has 0 bridgehead atoms. The molecule has 1 atom stereocenters. The Kier molecular flexibility index (Phi) is 4.81. The zero-order chi connectivity index (χ0) is 15.2. The van der Waals surface area contributed by atoms with Crippen LogP contribution in [0.1, 0.15) is 24.1 Å². The molecule has 0 radical (unpaired) electrons. The number of hydrogen-bond donors (Lipinski definition) is 1. The average Bonchev–Trinajstić information content (AvgIpc) is 2.46. The van der Waals surface area contributed by atoms with Crippen molar-refractivity contribution in [3.05, 3.63) is 53.7 Å². The fourth-order valence-electron chi connectivity index (χ4n) is 1.97. The van der Waals surface area contributed by atoms with Crippen molar-refractivity contribution >= 4 is 5.97 Å². The fraction of sp³-hybridized carbons (Fsp3) is 0.267. The van der Waals surface area contributed by atoms with E-state index in [1.807, 2.05) is 0 Å². The topological polar surface area (TPSA) is 72.3 Å². The molecule has 6 heteroatoms.